The molecule has 1 N–H and O–H groups in total. The molecule has 0 saturated heterocycles. The molecule has 1 atom stereocenters. The van der Waals surface area contributed by atoms with Gasteiger partial charge in [0, 0.05) is 18.5 Å². The average Bonchev–Trinajstić information content (AvgIpc) is 2.90. The second-order valence-corrected chi connectivity index (χ2v) is 13.0. The van der Waals surface area contributed by atoms with Crippen molar-refractivity contribution in [3.05, 3.63) is 95.6 Å². The van der Waals surface area contributed by atoms with Crippen molar-refractivity contribution >= 4 is 27.5 Å². The molecule has 8 nitrogen and oxygen atoms in total. The normalized spacial score (nSPS) is 12.3. The molecular weight excluding hydrogens is 538 g/mol. The minimum Gasteiger partial charge on any atom is -0.492 e. The Kier molecular flexibility index (Phi) is 10.6. The van der Waals surface area contributed by atoms with Crippen LogP contribution < -0.4 is 14.4 Å². The van der Waals surface area contributed by atoms with Crippen LogP contribution >= 0.6 is 0 Å². The van der Waals surface area contributed by atoms with Gasteiger partial charge >= 0.3 is 0 Å². The molecule has 0 aromatic heterocycles. The Morgan fingerprint density at radius 1 is 0.902 bits per heavy atom. The molecular formula is C32H41N3O5S. The van der Waals surface area contributed by atoms with Gasteiger partial charge in [-0.2, -0.15) is 0 Å². The van der Waals surface area contributed by atoms with Gasteiger partial charge in [-0.15, -0.1) is 0 Å². The highest BCUT2D eigenvalue weighted by Crippen LogP contribution is 2.30. The molecule has 2 amide bonds. The molecule has 3 aromatic carbocycles. The fourth-order valence-electron chi connectivity index (χ4n) is 4.43. The first-order chi connectivity index (χ1) is 19.3. The van der Waals surface area contributed by atoms with Gasteiger partial charge in [-0.05, 0) is 57.9 Å². The van der Waals surface area contributed by atoms with Gasteiger partial charge < -0.3 is 15.0 Å². The first kappa shape index (κ1) is 31.7. The monoisotopic (exact) mass is 579 g/mol. The van der Waals surface area contributed by atoms with Crippen molar-refractivity contribution in [3.63, 3.8) is 0 Å². The second-order valence-electron chi connectivity index (χ2n) is 11.1. The summed E-state index contributed by atoms with van der Waals surface area (Å²) in [4.78, 5) is 29.5. The van der Waals surface area contributed by atoms with E-state index in [-0.39, 0.29) is 24.6 Å². The van der Waals surface area contributed by atoms with Crippen molar-refractivity contribution in [2.45, 2.75) is 59.2 Å². The van der Waals surface area contributed by atoms with Gasteiger partial charge in [0.1, 0.15) is 18.3 Å². The van der Waals surface area contributed by atoms with E-state index in [1.165, 1.54) is 4.90 Å². The van der Waals surface area contributed by atoms with Crippen LogP contribution in [0.25, 0.3) is 0 Å². The number of hydrogen-bond donors (Lipinski definition) is 1. The van der Waals surface area contributed by atoms with Crippen molar-refractivity contribution in [3.8, 4) is 5.75 Å². The molecule has 0 fully saturated rings. The van der Waals surface area contributed by atoms with Crippen molar-refractivity contribution in [1.29, 1.82) is 0 Å². The van der Waals surface area contributed by atoms with Crippen LogP contribution in [0.3, 0.4) is 0 Å². The Balaban J connectivity index is 2.09. The van der Waals surface area contributed by atoms with Crippen molar-refractivity contribution in [1.82, 2.24) is 10.2 Å². The van der Waals surface area contributed by atoms with Gasteiger partial charge in [-0.3, -0.25) is 13.9 Å². The Hall–Kier alpha value is -3.85. The number of para-hydroxylation sites is 2. The predicted octanol–water partition coefficient (Wildman–Crippen LogP) is 4.71. The number of nitrogens with zero attached hydrogens (tertiary/aromatic N) is 2. The lowest BCUT2D eigenvalue weighted by molar-refractivity contribution is -0.140. The third-order valence-electron chi connectivity index (χ3n) is 6.36. The van der Waals surface area contributed by atoms with Crippen LogP contribution in [-0.4, -0.2) is 56.1 Å². The zero-order valence-electron chi connectivity index (χ0n) is 24.8. The number of nitrogens with one attached hydrogen (secondary N) is 1. The third kappa shape index (κ3) is 9.35. The first-order valence-corrected chi connectivity index (χ1v) is 15.5. The third-order valence-corrected chi connectivity index (χ3v) is 7.48. The Morgan fingerprint density at radius 3 is 2.10 bits per heavy atom. The number of ether oxygens (including phenoxy) is 1. The Labute approximate surface area is 244 Å². The largest absolute Gasteiger partial charge is 0.492 e. The van der Waals surface area contributed by atoms with Crippen LogP contribution in [-0.2, 0) is 32.6 Å². The van der Waals surface area contributed by atoms with Crippen LogP contribution in [0.1, 0.15) is 44.4 Å². The number of carbonyl (C=O) groups is 2. The summed E-state index contributed by atoms with van der Waals surface area (Å²) >= 11 is 0. The molecule has 0 radical (unpaired) electrons. The summed E-state index contributed by atoms with van der Waals surface area (Å²) in [6.07, 6.45) is 1.32. The Bertz CT molecular complexity index is 1420. The van der Waals surface area contributed by atoms with E-state index in [0.717, 1.165) is 27.3 Å². The zero-order valence-corrected chi connectivity index (χ0v) is 25.6. The number of rotatable bonds is 12. The van der Waals surface area contributed by atoms with Crippen molar-refractivity contribution in [2.75, 3.05) is 23.7 Å². The quantitative estimate of drug-likeness (QED) is 0.335. The molecule has 0 heterocycles. The maximum absolute atomic E-state index is 14.2. The van der Waals surface area contributed by atoms with Crippen molar-refractivity contribution in [2.24, 2.45) is 0 Å². The van der Waals surface area contributed by atoms with E-state index in [1.54, 1.807) is 31.2 Å². The summed E-state index contributed by atoms with van der Waals surface area (Å²) < 4.78 is 32.8. The molecule has 3 rings (SSSR count). The molecule has 3 aromatic rings. The highest BCUT2D eigenvalue weighted by atomic mass is 32.2. The average molecular weight is 580 g/mol. The summed E-state index contributed by atoms with van der Waals surface area (Å²) in [6, 6.07) is 23.0. The highest BCUT2D eigenvalue weighted by Gasteiger charge is 2.34. The summed E-state index contributed by atoms with van der Waals surface area (Å²) in [5.74, 6) is -0.473. The lowest BCUT2D eigenvalue weighted by Gasteiger charge is -2.35. The zero-order chi connectivity index (χ0) is 30.2. The molecule has 0 aliphatic rings. The minimum atomic E-state index is -3.89. The SMILES string of the molecule is CCOc1ccccc1N(CC(=O)N(Cc1ccc(C)cc1)[C@H](Cc1ccccc1)C(=O)NC(C)(C)C)S(C)(=O)=O. The fraction of sp³-hybridized carbons (Fsp3) is 0.375. The standard InChI is InChI=1S/C32H41N3O5S/c1-7-40-29-16-12-11-15-27(29)35(41(6,38)39)23-30(36)34(22-26-19-17-24(2)18-20-26)28(31(37)33-32(3,4)5)21-25-13-9-8-10-14-25/h8-20,28H,7,21-23H2,1-6H3,(H,33,37)/t28-/m1/s1. The molecule has 220 valence electrons. The van der Waals surface area contributed by atoms with E-state index in [9.17, 15) is 18.0 Å². The van der Waals surface area contributed by atoms with E-state index < -0.39 is 34.1 Å². The molecule has 9 heteroatoms. The highest BCUT2D eigenvalue weighted by molar-refractivity contribution is 7.92. The summed E-state index contributed by atoms with van der Waals surface area (Å²) in [6.45, 7) is 9.38. The molecule has 0 bridgehead atoms. The first-order valence-electron chi connectivity index (χ1n) is 13.7. The van der Waals surface area contributed by atoms with E-state index in [1.807, 2.05) is 82.3 Å². The smallest absolute Gasteiger partial charge is 0.244 e. The molecule has 41 heavy (non-hydrogen) atoms. The van der Waals surface area contributed by atoms with E-state index in [2.05, 4.69) is 5.32 Å². The second kappa shape index (κ2) is 13.7. The molecule has 0 saturated carbocycles. The molecule has 0 aliphatic carbocycles. The minimum absolute atomic E-state index is 0.124. The maximum Gasteiger partial charge on any atom is 0.244 e. The lowest BCUT2D eigenvalue weighted by atomic mass is 10.0. The van der Waals surface area contributed by atoms with E-state index in [4.69, 9.17) is 4.74 Å². The van der Waals surface area contributed by atoms with Gasteiger partial charge in [-0.1, -0.05) is 72.3 Å². The van der Waals surface area contributed by atoms with Gasteiger partial charge in [0.05, 0.1) is 18.6 Å². The number of amides is 2. The number of benzene rings is 3. The van der Waals surface area contributed by atoms with Crippen LogP contribution in [0.2, 0.25) is 0 Å². The van der Waals surface area contributed by atoms with E-state index >= 15 is 0 Å². The molecule has 0 spiro atoms. The summed E-state index contributed by atoms with van der Waals surface area (Å²) in [5.41, 5.74) is 2.49. The van der Waals surface area contributed by atoms with Gasteiger partial charge in [-0.25, -0.2) is 8.42 Å². The Morgan fingerprint density at radius 2 is 1.51 bits per heavy atom. The number of anilines is 1. The molecule has 0 unspecified atom stereocenters. The number of carbonyl (C=O) groups excluding carboxylic acids is 2. The van der Waals surface area contributed by atoms with Gasteiger partial charge in [0.15, 0.2) is 0 Å². The van der Waals surface area contributed by atoms with E-state index in [0.29, 0.717) is 12.4 Å². The van der Waals surface area contributed by atoms with Crippen LogP contribution in [0.15, 0.2) is 78.9 Å². The van der Waals surface area contributed by atoms with Crippen LogP contribution in [0.5, 0.6) is 5.75 Å². The molecule has 0 aliphatic heterocycles. The number of sulfonamides is 1. The summed E-state index contributed by atoms with van der Waals surface area (Å²) in [7, 11) is -3.89. The maximum atomic E-state index is 14.2. The van der Waals surface area contributed by atoms with Gasteiger partial charge in [0.25, 0.3) is 0 Å². The van der Waals surface area contributed by atoms with Gasteiger partial charge in [0.2, 0.25) is 21.8 Å². The van der Waals surface area contributed by atoms with Crippen LogP contribution in [0, 0.1) is 6.92 Å². The van der Waals surface area contributed by atoms with Crippen LogP contribution in [0.4, 0.5) is 5.69 Å². The lowest BCUT2D eigenvalue weighted by Crippen LogP contribution is -2.56. The number of hydrogen-bond acceptors (Lipinski definition) is 5. The number of aryl methyl sites for hydroxylation is 1. The predicted molar refractivity (Wildman–Crippen MR) is 163 cm³/mol. The van der Waals surface area contributed by atoms with Crippen molar-refractivity contribution < 1.29 is 22.7 Å². The topological polar surface area (TPSA) is 96.0 Å². The summed E-state index contributed by atoms with van der Waals surface area (Å²) in [5, 5.41) is 3.03. The fourth-order valence-corrected chi connectivity index (χ4v) is 5.29.